The van der Waals surface area contributed by atoms with E-state index >= 15 is 0 Å². The second-order valence-corrected chi connectivity index (χ2v) is 4.19. The van der Waals surface area contributed by atoms with Crippen LogP contribution in [0.2, 0.25) is 0 Å². The minimum absolute atomic E-state index is 0.0177. The van der Waals surface area contributed by atoms with Gasteiger partial charge < -0.3 is 15.5 Å². The van der Waals surface area contributed by atoms with Gasteiger partial charge in [0.1, 0.15) is 0 Å². The lowest BCUT2D eigenvalue weighted by molar-refractivity contribution is -0.136. The molecular weight excluding hydrogens is 206 g/mol. The number of nitrogens with one attached hydrogen (secondary N) is 2. The number of hydrogen-bond acceptors (Lipinski definition) is 3. The van der Waals surface area contributed by atoms with Gasteiger partial charge in [0, 0.05) is 13.6 Å². The SMILES string of the molecule is CCCNC(=O)CN(C)C(=O)[C@@H]1CCCN1. The summed E-state index contributed by atoms with van der Waals surface area (Å²) < 4.78 is 0. The smallest absolute Gasteiger partial charge is 0.239 e. The van der Waals surface area contributed by atoms with Crippen molar-refractivity contribution < 1.29 is 9.59 Å². The van der Waals surface area contributed by atoms with Gasteiger partial charge in [-0.3, -0.25) is 9.59 Å². The van der Waals surface area contributed by atoms with E-state index in [4.69, 9.17) is 0 Å². The van der Waals surface area contributed by atoms with Crippen LogP contribution in [-0.4, -0.2) is 49.4 Å². The third-order valence-corrected chi connectivity index (χ3v) is 2.69. The average Bonchev–Trinajstić information content (AvgIpc) is 2.78. The van der Waals surface area contributed by atoms with Crippen molar-refractivity contribution in [3.63, 3.8) is 0 Å². The van der Waals surface area contributed by atoms with Gasteiger partial charge in [-0.2, -0.15) is 0 Å². The van der Waals surface area contributed by atoms with Crippen molar-refractivity contribution in [2.24, 2.45) is 0 Å². The molecule has 16 heavy (non-hydrogen) atoms. The van der Waals surface area contributed by atoms with E-state index in [1.807, 2.05) is 6.92 Å². The average molecular weight is 227 g/mol. The number of amides is 2. The highest BCUT2D eigenvalue weighted by molar-refractivity contribution is 5.87. The van der Waals surface area contributed by atoms with Crippen molar-refractivity contribution in [2.75, 3.05) is 26.7 Å². The molecule has 1 aliphatic rings. The monoisotopic (exact) mass is 227 g/mol. The zero-order valence-corrected chi connectivity index (χ0v) is 10.1. The van der Waals surface area contributed by atoms with E-state index in [1.54, 1.807) is 7.05 Å². The Balaban J connectivity index is 2.30. The summed E-state index contributed by atoms with van der Waals surface area (Å²) in [6.07, 6.45) is 2.82. The van der Waals surface area contributed by atoms with E-state index in [9.17, 15) is 9.59 Å². The lowest BCUT2D eigenvalue weighted by atomic mass is 10.2. The summed E-state index contributed by atoms with van der Waals surface area (Å²) in [5.41, 5.74) is 0. The number of rotatable bonds is 5. The maximum atomic E-state index is 11.8. The highest BCUT2D eigenvalue weighted by atomic mass is 16.2. The molecule has 0 unspecified atom stereocenters. The Hall–Kier alpha value is -1.10. The fourth-order valence-corrected chi connectivity index (χ4v) is 1.78. The number of carbonyl (C=O) groups excluding carboxylic acids is 2. The molecule has 2 amide bonds. The third-order valence-electron chi connectivity index (χ3n) is 2.69. The second kappa shape index (κ2) is 6.48. The van der Waals surface area contributed by atoms with Gasteiger partial charge >= 0.3 is 0 Å². The largest absolute Gasteiger partial charge is 0.355 e. The standard InChI is InChI=1S/C11H21N3O2/c1-3-6-13-10(15)8-14(2)11(16)9-5-4-7-12-9/h9,12H,3-8H2,1-2H3,(H,13,15)/t9-/m0/s1. The van der Waals surface area contributed by atoms with Gasteiger partial charge in [-0.25, -0.2) is 0 Å². The van der Waals surface area contributed by atoms with Crippen molar-refractivity contribution in [1.29, 1.82) is 0 Å². The molecule has 0 bridgehead atoms. The van der Waals surface area contributed by atoms with Crippen molar-refractivity contribution in [1.82, 2.24) is 15.5 Å². The van der Waals surface area contributed by atoms with E-state index in [1.165, 1.54) is 4.90 Å². The van der Waals surface area contributed by atoms with Crippen LogP contribution in [0, 0.1) is 0 Å². The lowest BCUT2D eigenvalue weighted by Crippen LogP contribution is -2.45. The summed E-state index contributed by atoms with van der Waals surface area (Å²) in [6, 6.07) is -0.0935. The first-order valence-corrected chi connectivity index (χ1v) is 5.90. The zero-order chi connectivity index (χ0) is 12.0. The van der Waals surface area contributed by atoms with Crippen LogP contribution in [-0.2, 0) is 9.59 Å². The summed E-state index contributed by atoms with van der Waals surface area (Å²) in [6.45, 7) is 3.71. The van der Waals surface area contributed by atoms with E-state index < -0.39 is 0 Å². The molecule has 0 aromatic rings. The van der Waals surface area contributed by atoms with Gasteiger partial charge in [0.25, 0.3) is 0 Å². The Bertz CT molecular complexity index is 250. The van der Waals surface area contributed by atoms with Crippen LogP contribution < -0.4 is 10.6 Å². The van der Waals surface area contributed by atoms with Crippen LogP contribution in [0.1, 0.15) is 26.2 Å². The predicted octanol–water partition coefficient (Wildman–Crippen LogP) is -0.277. The fraction of sp³-hybridized carbons (Fsp3) is 0.818. The van der Waals surface area contributed by atoms with Gasteiger partial charge in [0.2, 0.25) is 11.8 Å². The summed E-state index contributed by atoms with van der Waals surface area (Å²) in [5.74, 6) is -0.0696. The second-order valence-electron chi connectivity index (χ2n) is 4.19. The molecule has 92 valence electrons. The van der Waals surface area contributed by atoms with Crippen LogP contribution in [0.3, 0.4) is 0 Å². The van der Waals surface area contributed by atoms with Gasteiger partial charge in [0.05, 0.1) is 12.6 Å². The Morgan fingerprint density at radius 1 is 1.50 bits per heavy atom. The first-order valence-electron chi connectivity index (χ1n) is 5.90. The molecule has 0 aromatic heterocycles. The molecule has 1 heterocycles. The Morgan fingerprint density at radius 3 is 2.81 bits per heavy atom. The molecule has 1 fully saturated rings. The number of nitrogens with zero attached hydrogens (tertiary/aromatic N) is 1. The van der Waals surface area contributed by atoms with Gasteiger partial charge in [0.15, 0.2) is 0 Å². The normalized spacial score (nSPS) is 19.5. The molecule has 5 nitrogen and oxygen atoms in total. The lowest BCUT2D eigenvalue weighted by Gasteiger charge is -2.20. The fourth-order valence-electron chi connectivity index (χ4n) is 1.78. The van der Waals surface area contributed by atoms with Crippen LogP contribution in [0.4, 0.5) is 0 Å². The molecule has 2 N–H and O–H groups in total. The zero-order valence-electron chi connectivity index (χ0n) is 10.1. The molecule has 0 saturated carbocycles. The highest BCUT2D eigenvalue weighted by Gasteiger charge is 2.25. The molecule has 0 radical (unpaired) electrons. The molecule has 0 aromatic carbocycles. The molecular formula is C11H21N3O2. The highest BCUT2D eigenvalue weighted by Crippen LogP contribution is 2.07. The molecule has 0 aliphatic carbocycles. The molecule has 1 aliphatic heterocycles. The van der Waals surface area contributed by atoms with Gasteiger partial charge in [-0.1, -0.05) is 6.92 Å². The van der Waals surface area contributed by atoms with Crippen molar-refractivity contribution >= 4 is 11.8 Å². The minimum atomic E-state index is -0.0935. The van der Waals surface area contributed by atoms with E-state index in [0.29, 0.717) is 6.54 Å². The molecule has 5 heteroatoms. The van der Waals surface area contributed by atoms with Crippen molar-refractivity contribution in [2.45, 2.75) is 32.2 Å². The third kappa shape index (κ3) is 3.81. The molecule has 1 saturated heterocycles. The van der Waals surface area contributed by atoms with Crippen LogP contribution in [0.25, 0.3) is 0 Å². The Kier molecular flexibility index (Phi) is 5.25. The first kappa shape index (κ1) is 13.0. The van der Waals surface area contributed by atoms with E-state index in [0.717, 1.165) is 25.8 Å². The maximum Gasteiger partial charge on any atom is 0.239 e. The predicted molar refractivity (Wildman–Crippen MR) is 62.0 cm³/mol. The summed E-state index contributed by atoms with van der Waals surface area (Å²) in [7, 11) is 1.67. The van der Waals surface area contributed by atoms with E-state index in [2.05, 4.69) is 10.6 Å². The van der Waals surface area contributed by atoms with Crippen LogP contribution in [0.15, 0.2) is 0 Å². The topological polar surface area (TPSA) is 61.4 Å². The Morgan fingerprint density at radius 2 is 2.25 bits per heavy atom. The first-order chi connectivity index (χ1) is 7.65. The van der Waals surface area contributed by atoms with Crippen LogP contribution in [0.5, 0.6) is 0 Å². The molecule has 1 rings (SSSR count). The molecule has 0 spiro atoms. The summed E-state index contributed by atoms with van der Waals surface area (Å²) >= 11 is 0. The summed E-state index contributed by atoms with van der Waals surface area (Å²) in [4.78, 5) is 24.7. The Labute approximate surface area is 96.6 Å². The number of carbonyl (C=O) groups is 2. The summed E-state index contributed by atoms with van der Waals surface area (Å²) in [5, 5.41) is 5.89. The quantitative estimate of drug-likeness (QED) is 0.679. The number of hydrogen-bond donors (Lipinski definition) is 2. The van der Waals surface area contributed by atoms with Gasteiger partial charge in [-0.05, 0) is 25.8 Å². The maximum absolute atomic E-state index is 11.8. The molecule has 1 atom stereocenters. The number of likely N-dealkylation sites (N-methyl/N-ethyl adjacent to an activating group) is 1. The van der Waals surface area contributed by atoms with Crippen molar-refractivity contribution in [3.8, 4) is 0 Å². The van der Waals surface area contributed by atoms with Crippen molar-refractivity contribution in [3.05, 3.63) is 0 Å². The van der Waals surface area contributed by atoms with Gasteiger partial charge in [-0.15, -0.1) is 0 Å². The van der Waals surface area contributed by atoms with E-state index in [-0.39, 0.29) is 24.4 Å². The van der Waals surface area contributed by atoms with Crippen LogP contribution >= 0.6 is 0 Å². The minimum Gasteiger partial charge on any atom is -0.355 e.